The Balaban J connectivity index is 1.97. The minimum atomic E-state index is -0.168. The molecule has 116 valence electrons. The molecule has 0 saturated heterocycles. The van der Waals surface area contributed by atoms with E-state index in [4.69, 9.17) is 16.3 Å². The van der Waals surface area contributed by atoms with Crippen molar-refractivity contribution >= 4 is 28.9 Å². The molecular formula is C17H19ClN2O2. The fourth-order valence-corrected chi connectivity index (χ4v) is 2.16. The molecule has 2 rings (SSSR count). The van der Waals surface area contributed by atoms with Crippen molar-refractivity contribution in [2.45, 2.75) is 13.8 Å². The summed E-state index contributed by atoms with van der Waals surface area (Å²) in [4.78, 5) is 12.0. The molecule has 1 amide bonds. The van der Waals surface area contributed by atoms with Crippen LogP contribution in [0.4, 0.5) is 11.4 Å². The highest BCUT2D eigenvalue weighted by Gasteiger charge is 2.08. The molecule has 0 fully saturated rings. The average Bonchev–Trinajstić information content (AvgIpc) is 2.50. The molecule has 0 radical (unpaired) electrons. The van der Waals surface area contributed by atoms with Crippen molar-refractivity contribution in [1.82, 2.24) is 0 Å². The molecule has 0 saturated carbocycles. The van der Waals surface area contributed by atoms with Crippen molar-refractivity contribution in [3.63, 3.8) is 0 Å². The van der Waals surface area contributed by atoms with Crippen molar-refractivity contribution < 1.29 is 9.53 Å². The molecule has 22 heavy (non-hydrogen) atoms. The quantitative estimate of drug-likeness (QED) is 0.843. The van der Waals surface area contributed by atoms with Gasteiger partial charge in [0, 0.05) is 0 Å². The summed E-state index contributed by atoms with van der Waals surface area (Å²) in [5.41, 5.74) is 2.44. The summed E-state index contributed by atoms with van der Waals surface area (Å²) in [6.45, 7) is 4.57. The van der Waals surface area contributed by atoms with Gasteiger partial charge in [-0.1, -0.05) is 29.8 Å². The van der Waals surface area contributed by atoms with Gasteiger partial charge in [0.1, 0.15) is 5.75 Å². The second-order valence-corrected chi connectivity index (χ2v) is 5.22. The van der Waals surface area contributed by atoms with E-state index < -0.39 is 0 Å². The van der Waals surface area contributed by atoms with Gasteiger partial charge in [-0.3, -0.25) is 4.79 Å². The van der Waals surface area contributed by atoms with Gasteiger partial charge in [0.2, 0.25) is 5.91 Å². The maximum atomic E-state index is 12.0. The zero-order valence-corrected chi connectivity index (χ0v) is 13.4. The number of anilines is 2. The molecule has 0 atom stereocenters. The summed E-state index contributed by atoms with van der Waals surface area (Å²) in [6.07, 6.45) is 0. The van der Waals surface area contributed by atoms with E-state index >= 15 is 0 Å². The average molecular weight is 319 g/mol. The van der Waals surface area contributed by atoms with E-state index in [1.807, 2.05) is 50.2 Å². The van der Waals surface area contributed by atoms with E-state index in [1.165, 1.54) is 0 Å². The van der Waals surface area contributed by atoms with Crippen LogP contribution in [0, 0.1) is 6.92 Å². The predicted octanol–water partition coefficient (Wildman–Crippen LogP) is 4.10. The first kappa shape index (κ1) is 16.2. The van der Waals surface area contributed by atoms with Crippen LogP contribution in [0.2, 0.25) is 5.02 Å². The van der Waals surface area contributed by atoms with E-state index in [9.17, 15) is 4.79 Å². The van der Waals surface area contributed by atoms with Crippen LogP contribution in [-0.2, 0) is 4.79 Å². The Kier molecular flexibility index (Phi) is 5.67. The number of hydrogen-bond acceptors (Lipinski definition) is 3. The van der Waals surface area contributed by atoms with Crippen LogP contribution in [0.25, 0.3) is 0 Å². The summed E-state index contributed by atoms with van der Waals surface area (Å²) in [6, 6.07) is 13.0. The number of hydrogen-bond donors (Lipinski definition) is 2. The second kappa shape index (κ2) is 7.71. The molecular weight excluding hydrogens is 300 g/mol. The number of carbonyl (C=O) groups is 1. The lowest BCUT2D eigenvalue weighted by atomic mass is 10.2. The SMILES string of the molecule is CCOc1ccccc1NCC(=O)Nc1cc(C)ccc1Cl. The van der Waals surface area contributed by atoms with Crippen molar-refractivity contribution in [2.24, 2.45) is 0 Å². The van der Waals surface area contributed by atoms with Crippen LogP contribution in [-0.4, -0.2) is 19.1 Å². The molecule has 2 N–H and O–H groups in total. The molecule has 0 aliphatic heterocycles. The van der Waals surface area contributed by atoms with Crippen LogP contribution in [0.5, 0.6) is 5.75 Å². The van der Waals surface area contributed by atoms with Gasteiger partial charge in [0.15, 0.2) is 0 Å². The first-order chi connectivity index (χ1) is 10.6. The third kappa shape index (κ3) is 4.40. The molecule has 0 unspecified atom stereocenters. The highest BCUT2D eigenvalue weighted by molar-refractivity contribution is 6.33. The van der Waals surface area contributed by atoms with Gasteiger partial charge in [-0.05, 0) is 43.7 Å². The number of benzene rings is 2. The van der Waals surface area contributed by atoms with Crippen molar-refractivity contribution in [3.05, 3.63) is 53.1 Å². The smallest absolute Gasteiger partial charge is 0.243 e. The Labute approximate surface area is 135 Å². The molecule has 0 spiro atoms. The molecule has 4 nitrogen and oxygen atoms in total. The Morgan fingerprint density at radius 2 is 1.95 bits per heavy atom. The molecule has 2 aromatic rings. The Hall–Kier alpha value is -2.20. The summed E-state index contributed by atoms with van der Waals surface area (Å²) in [5, 5.41) is 6.39. The number of rotatable bonds is 6. The number of halogens is 1. The molecule has 0 heterocycles. The Bertz CT molecular complexity index is 659. The van der Waals surface area contributed by atoms with E-state index in [-0.39, 0.29) is 12.5 Å². The van der Waals surface area contributed by atoms with E-state index in [0.717, 1.165) is 17.0 Å². The van der Waals surface area contributed by atoms with Crippen LogP contribution < -0.4 is 15.4 Å². The van der Waals surface area contributed by atoms with Gasteiger partial charge >= 0.3 is 0 Å². The fraction of sp³-hybridized carbons (Fsp3) is 0.235. The van der Waals surface area contributed by atoms with E-state index in [1.54, 1.807) is 6.07 Å². The van der Waals surface area contributed by atoms with Crippen molar-refractivity contribution in [3.8, 4) is 5.75 Å². The van der Waals surface area contributed by atoms with Gasteiger partial charge < -0.3 is 15.4 Å². The zero-order chi connectivity index (χ0) is 15.9. The predicted molar refractivity (Wildman–Crippen MR) is 90.9 cm³/mol. The first-order valence-corrected chi connectivity index (χ1v) is 7.49. The van der Waals surface area contributed by atoms with E-state index in [0.29, 0.717) is 17.3 Å². The number of nitrogens with one attached hydrogen (secondary N) is 2. The summed E-state index contributed by atoms with van der Waals surface area (Å²) >= 11 is 6.07. The third-order valence-electron chi connectivity index (χ3n) is 3.02. The maximum Gasteiger partial charge on any atom is 0.243 e. The largest absolute Gasteiger partial charge is 0.492 e. The van der Waals surface area contributed by atoms with Crippen LogP contribution >= 0.6 is 11.6 Å². The molecule has 0 bridgehead atoms. The standard InChI is InChI=1S/C17H19ClN2O2/c1-3-22-16-7-5-4-6-14(16)19-11-17(21)20-15-10-12(2)8-9-13(15)18/h4-10,19H,3,11H2,1-2H3,(H,20,21). The lowest BCUT2D eigenvalue weighted by Gasteiger charge is -2.13. The van der Waals surface area contributed by atoms with Crippen molar-refractivity contribution in [1.29, 1.82) is 0 Å². The van der Waals surface area contributed by atoms with Crippen LogP contribution in [0.15, 0.2) is 42.5 Å². The maximum absolute atomic E-state index is 12.0. The number of ether oxygens (including phenoxy) is 1. The van der Waals surface area contributed by atoms with Gasteiger partial charge in [0.25, 0.3) is 0 Å². The molecule has 0 aromatic heterocycles. The van der Waals surface area contributed by atoms with Gasteiger partial charge in [0.05, 0.1) is 29.5 Å². The lowest BCUT2D eigenvalue weighted by Crippen LogP contribution is -2.22. The van der Waals surface area contributed by atoms with Gasteiger partial charge in [-0.15, -0.1) is 0 Å². The second-order valence-electron chi connectivity index (χ2n) is 4.81. The Morgan fingerprint density at radius 1 is 1.18 bits per heavy atom. The minimum Gasteiger partial charge on any atom is -0.492 e. The zero-order valence-electron chi connectivity index (χ0n) is 12.7. The first-order valence-electron chi connectivity index (χ1n) is 7.12. The highest BCUT2D eigenvalue weighted by atomic mass is 35.5. The van der Waals surface area contributed by atoms with Gasteiger partial charge in [-0.2, -0.15) is 0 Å². The molecule has 0 aliphatic rings. The molecule has 2 aromatic carbocycles. The minimum absolute atomic E-state index is 0.133. The normalized spacial score (nSPS) is 10.1. The number of amides is 1. The Morgan fingerprint density at radius 3 is 2.73 bits per heavy atom. The van der Waals surface area contributed by atoms with E-state index in [2.05, 4.69) is 10.6 Å². The van der Waals surface area contributed by atoms with Crippen LogP contribution in [0.1, 0.15) is 12.5 Å². The van der Waals surface area contributed by atoms with Crippen LogP contribution in [0.3, 0.4) is 0 Å². The lowest BCUT2D eigenvalue weighted by molar-refractivity contribution is -0.114. The third-order valence-corrected chi connectivity index (χ3v) is 3.35. The summed E-state index contributed by atoms with van der Waals surface area (Å²) < 4.78 is 5.51. The fourth-order valence-electron chi connectivity index (χ4n) is 2.00. The summed E-state index contributed by atoms with van der Waals surface area (Å²) in [5.74, 6) is 0.560. The number of para-hydroxylation sites is 2. The molecule has 0 aliphatic carbocycles. The topological polar surface area (TPSA) is 50.4 Å². The summed E-state index contributed by atoms with van der Waals surface area (Å²) in [7, 11) is 0. The number of aryl methyl sites for hydroxylation is 1. The monoisotopic (exact) mass is 318 g/mol. The number of carbonyl (C=O) groups excluding carboxylic acids is 1. The van der Waals surface area contributed by atoms with Gasteiger partial charge in [-0.25, -0.2) is 0 Å². The highest BCUT2D eigenvalue weighted by Crippen LogP contribution is 2.24. The van der Waals surface area contributed by atoms with Crippen molar-refractivity contribution in [2.75, 3.05) is 23.8 Å². The molecule has 5 heteroatoms.